The molecule has 0 saturated carbocycles. The SMILES string of the molecule is C[C@@H](CNC(=O)c1n[nH]c(=O)c2ccccc12)c1ccccc1. The summed E-state index contributed by atoms with van der Waals surface area (Å²) in [7, 11) is 0. The Balaban J connectivity index is 1.79. The average molecular weight is 307 g/mol. The summed E-state index contributed by atoms with van der Waals surface area (Å²) in [5.41, 5.74) is 1.10. The summed E-state index contributed by atoms with van der Waals surface area (Å²) in [6.45, 7) is 2.55. The van der Waals surface area contributed by atoms with Crippen LogP contribution < -0.4 is 10.9 Å². The second-order valence-electron chi connectivity index (χ2n) is 5.47. The maximum atomic E-state index is 12.4. The maximum absolute atomic E-state index is 12.4. The van der Waals surface area contributed by atoms with Crippen LogP contribution in [-0.4, -0.2) is 22.6 Å². The van der Waals surface area contributed by atoms with Gasteiger partial charge in [-0.15, -0.1) is 0 Å². The molecule has 3 rings (SSSR count). The monoisotopic (exact) mass is 307 g/mol. The topological polar surface area (TPSA) is 74.8 Å². The number of H-pyrrole nitrogens is 1. The van der Waals surface area contributed by atoms with Gasteiger partial charge in [-0.3, -0.25) is 9.59 Å². The second-order valence-corrected chi connectivity index (χ2v) is 5.47. The van der Waals surface area contributed by atoms with E-state index in [4.69, 9.17) is 0 Å². The molecule has 2 N–H and O–H groups in total. The van der Waals surface area contributed by atoms with Gasteiger partial charge in [-0.25, -0.2) is 5.10 Å². The van der Waals surface area contributed by atoms with Crippen molar-refractivity contribution in [1.29, 1.82) is 0 Å². The minimum absolute atomic E-state index is 0.189. The lowest BCUT2D eigenvalue weighted by Crippen LogP contribution is -2.29. The van der Waals surface area contributed by atoms with Gasteiger partial charge >= 0.3 is 0 Å². The Bertz CT molecular complexity index is 887. The zero-order valence-corrected chi connectivity index (χ0v) is 12.7. The molecule has 0 fully saturated rings. The van der Waals surface area contributed by atoms with Gasteiger partial charge in [-0.05, 0) is 17.5 Å². The predicted octanol–water partition coefficient (Wildman–Crippen LogP) is 2.46. The van der Waals surface area contributed by atoms with Gasteiger partial charge in [-0.2, -0.15) is 5.10 Å². The quantitative estimate of drug-likeness (QED) is 0.777. The minimum atomic E-state index is -0.296. The Morgan fingerprint density at radius 1 is 1.09 bits per heavy atom. The van der Waals surface area contributed by atoms with E-state index in [1.807, 2.05) is 37.3 Å². The number of carbonyl (C=O) groups excluding carboxylic acids is 1. The Morgan fingerprint density at radius 2 is 1.74 bits per heavy atom. The number of hydrogen-bond acceptors (Lipinski definition) is 3. The molecule has 0 unspecified atom stereocenters. The zero-order valence-electron chi connectivity index (χ0n) is 12.7. The van der Waals surface area contributed by atoms with E-state index in [9.17, 15) is 9.59 Å². The summed E-state index contributed by atoms with van der Waals surface area (Å²) in [5, 5.41) is 10.2. The fraction of sp³-hybridized carbons (Fsp3) is 0.167. The first kappa shape index (κ1) is 15.0. The van der Waals surface area contributed by atoms with E-state index >= 15 is 0 Å². The number of hydrogen-bond donors (Lipinski definition) is 2. The summed E-state index contributed by atoms with van der Waals surface area (Å²) in [5.74, 6) is -0.102. The lowest BCUT2D eigenvalue weighted by molar-refractivity contribution is 0.0947. The standard InChI is InChI=1S/C18H17N3O2/c1-12(13-7-3-2-4-8-13)11-19-18(23)16-14-9-5-6-10-15(14)17(22)21-20-16/h2-10,12H,11H2,1H3,(H,19,23)(H,21,22)/t12-/m0/s1. The Kier molecular flexibility index (Phi) is 4.19. The Labute approximate surface area is 133 Å². The van der Waals surface area contributed by atoms with Crippen molar-refractivity contribution in [1.82, 2.24) is 15.5 Å². The van der Waals surface area contributed by atoms with Crippen molar-refractivity contribution in [2.75, 3.05) is 6.54 Å². The van der Waals surface area contributed by atoms with Gasteiger partial charge in [0, 0.05) is 11.9 Å². The lowest BCUT2D eigenvalue weighted by Gasteiger charge is -2.13. The highest BCUT2D eigenvalue weighted by atomic mass is 16.2. The molecule has 1 aromatic heterocycles. The summed E-state index contributed by atoms with van der Waals surface area (Å²) in [6, 6.07) is 16.9. The van der Waals surface area contributed by atoms with E-state index in [1.165, 1.54) is 0 Å². The van der Waals surface area contributed by atoms with E-state index in [2.05, 4.69) is 15.5 Å². The number of benzene rings is 2. The third-order valence-corrected chi connectivity index (χ3v) is 3.85. The normalized spacial score (nSPS) is 12.0. The van der Waals surface area contributed by atoms with E-state index in [0.29, 0.717) is 17.3 Å². The van der Waals surface area contributed by atoms with Crippen molar-refractivity contribution in [2.24, 2.45) is 0 Å². The number of carbonyl (C=O) groups is 1. The molecular formula is C18H17N3O2. The van der Waals surface area contributed by atoms with E-state index in [1.54, 1.807) is 24.3 Å². The molecule has 1 amide bonds. The van der Waals surface area contributed by atoms with Crippen LogP contribution in [-0.2, 0) is 0 Å². The summed E-state index contributed by atoms with van der Waals surface area (Å²) < 4.78 is 0. The van der Waals surface area contributed by atoms with Crippen LogP contribution >= 0.6 is 0 Å². The number of rotatable bonds is 4. The fourth-order valence-corrected chi connectivity index (χ4v) is 2.52. The lowest BCUT2D eigenvalue weighted by atomic mass is 10.0. The molecule has 0 aliphatic rings. The predicted molar refractivity (Wildman–Crippen MR) is 89.6 cm³/mol. The first-order chi connectivity index (χ1) is 11.2. The molecule has 0 radical (unpaired) electrons. The van der Waals surface area contributed by atoms with Gasteiger partial charge in [0.15, 0.2) is 5.69 Å². The highest BCUT2D eigenvalue weighted by Gasteiger charge is 2.15. The van der Waals surface area contributed by atoms with Gasteiger partial charge in [0.25, 0.3) is 11.5 Å². The summed E-state index contributed by atoms with van der Waals surface area (Å²) in [4.78, 5) is 24.2. The second kappa shape index (κ2) is 6.44. The van der Waals surface area contributed by atoms with E-state index in [-0.39, 0.29) is 23.1 Å². The third kappa shape index (κ3) is 3.13. The highest BCUT2D eigenvalue weighted by molar-refractivity contribution is 6.04. The first-order valence-corrected chi connectivity index (χ1v) is 7.47. The number of fused-ring (bicyclic) bond motifs is 1. The molecule has 116 valence electrons. The van der Waals surface area contributed by atoms with Gasteiger partial charge in [0.05, 0.1) is 5.39 Å². The van der Waals surface area contributed by atoms with Crippen LogP contribution in [0.15, 0.2) is 59.4 Å². The Morgan fingerprint density at radius 3 is 2.48 bits per heavy atom. The molecule has 0 aliphatic carbocycles. The molecular weight excluding hydrogens is 290 g/mol. The Hall–Kier alpha value is -2.95. The van der Waals surface area contributed by atoms with Crippen LogP contribution in [0.2, 0.25) is 0 Å². The number of aromatic nitrogens is 2. The zero-order chi connectivity index (χ0) is 16.2. The number of amides is 1. The maximum Gasteiger partial charge on any atom is 0.272 e. The molecule has 0 bridgehead atoms. The van der Waals surface area contributed by atoms with Gasteiger partial charge in [0.2, 0.25) is 0 Å². The molecule has 3 aromatic rings. The van der Waals surface area contributed by atoms with Crippen LogP contribution in [0.1, 0.15) is 28.9 Å². The smallest absolute Gasteiger partial charge is 0.272 e. The summed E-state index contributed by atoms with van der Waals surface area (Å²) in [6.07, 6.45) is 0. The summed E-state index contributed by atoms with van der Waals surface area (Å²) >= 11 is 0. The van der Waals surface area contributed by atoms with Crippen molar-refractivity contribution >= 4 is 16.7 Å². The first-order valence-electron chi connectivity index (χ1n) is 7.47. The molecule has 5 nitrogen and oxygen atoms in total. The van der Waals surface area contributed by atoms with Crippen molar-refractivity contribution in [2.45, 2.75) is 12.8 Å². The van der Waals surface area contributed by atoms with Gasteiger partial charge < -0.3 is 5.32 Å². The van der Waals surface area contributed by atoms with E-state index in [0.717, 1.165) is 5.56 Å². The molecule has 5 heteroatoms. The molecule has 0 saturated heterocycles. The molecule has 1 atom stereocenters. The van der Waals surface area contributed by atoms with Crippen molar-refractivity contribution in [3.8, 4) is 0 Å². The van der Waals surface area contributed by atoms with Crippen LogP contribution in [0.3, 0.4) is 0 Å². The molecule has 0 spiro atoms. The third-order valence-electron chi connectivity index (χ3n) is 3.85. The van der Waals surface area contributed by atoms with Crippen molar-refractivity contribution in [3.63, 3.8) is 0 Å². The molecule has 23 heavy (non-hydrogen) atoms. The van der Waals surface area contributed by atoms with E-state index < -0.39 is 0 Å². The minimum Gasteiger partial charge on any atom is -0.350 e. The van der Waals surface area contributed by atoms with Crippen LogP contribution in [0.4, 0.5) is 0 Å². The van der Waals surface area contributed by atoms with Crippen molar-refractivity contribution in [3.05, 3.63) is 76.2 Å². The van der Waals surface area contributed by atoms with Crippen molar-refractivity contribution < 1.29 is 4.79 Å². The molecule has 0 aliphatic heterocycles. The number of aromatic amines is 1. The fourth-order valence-electron chi connectivity index (χ4n) is 2.52. The number of nitrogens with one attached hydrogen (secondary N) is 2. The van der Waals surface area contributed by atoms with Gasteiger partial charge in [-0.1, -0.05) is 55.5 Å². The van der Waals surface area contributed by atoms with Crippen LogP contribution in [0.5, 0.6) is 0 Å². The number of nitrogens with zero attached hydrogens (tertiary/aromatic N) is 1. The molecule has 1 heterocycles. The highest BCUT2D eigenvalue weighted by Crippen LogP contribution is 2.15. The van der Waals surface area contributed by atoms with Crippen LogP contribution in [0.25, 0.3) is 10.8 Å². The largest absolute Gasteiger partial charge is 0.350 e. The van der Waals surface area contributed by atoms with Crippen LogP contribution in [0, 0.1) is 0 Å². The average Bonchev–Trinajstić information content (AvgIpc) is 2.60. The van der Waals surface area contributed by atoms with Gasteiger partial charge in [0.1, 0.15) is 0 Å². The molecule has 2 aromatic carbocycles.